The summed E-state index contributed by atoms with van der Waals surface area (Å²) in [4.78, 5) is 25.0. The summed E-state index contributed by atoms with van der Waals surface area (Å²) in [5, 5.41) is 12.0. The zero-order chi connectivity index (χ0) is 14.7. The van der Waals surface area contributed by atoms with Gasteiger partial charge in [0.25, 0.3) is 0 Å². The Hall–Kier alpha value is -2.24. The van der Waals surface area contributed by atoms with Crippen LogP contribution in [0, 0.1) is 5.92 Å². The molecule has 108 valence electrons. The molecular weight excluding hydrogens is 258 g/mol. The Morgan fingerprint density at radius 1 is 1.40 bits per heavy atom. The summed E-state index contributed by atoms with van der Waals surface area (Å²) >= 11 is 0. The number of rotatable bonds is 2. The van der Waals surface area contributed by atoms with E-state index in [0.29, 0.717) is 17.9 Å². The van der Waals surface area contributed by atoms with Crippen molar-refractivity contribution in [2.75, 3.05) is 17.6 Å². The molecule has 0 saturated carbocycles. The number of carboxylic acids is 1. The van der Waals surface area contributed by atoms with E-state index in [0.717, 1.165) is 12.8 Å². The number of anilines is 2. The lowest BCUT2D eigenvalue weighted by molar-refractivity contribution is -0.145. The lowest BCUT2D eigenvalue weighted by Crippen LogP contribution is -2.53. The molecule has 1 aliphatic heterocycles. The number of nitrogen functional groups attached to an aromatic ring is 1. The smallest absolute Gasteiger partial charge is 0.326 e. The highest BCUT2D eigenvalue weighted by molar-refractivity contribution is 5.95. The minimum atomic E-state index is -0.964. The predicted octanol–water partition coefficient (Wildman–Crippen LogP) is 1.99. The van der Waals surface area contributed by atoms with Crippen molar-refractivity contribution >= 4 is 23.4 Å². The molecule has 2 unspecified atom stereocenters. The van der Waals surface area contributed by atoms with Crippen molar-refractivity contribution in [3.05, 3.63) is 24.3 Å². The van der Waals surface area contributed by atoms with E-state index in [-0.39, 0.29) is 5.92 Å². The molecule has 1 heterocycles. The highest BCUT2D eigenvalue weighted by Gasteiger charge is 2.37. The van der Waals surface area contributed by atoms with Gasteiger partial charge in [0.2, 0.25) is 0 Å². The van der Waals surface area contributed by atoms with Crippen molar-refractivity contribution in [2.24, 2.45) is 5.92 Å². The fraction of sp³-hybridized carbons (Fsp3) is 0.429. The molecule has 2 amide bonds. The largest absolute Gasteiger partial charge is 0.480 e. The Morgan fingerprint density at radius 3 is 2.75 bits per heavy atom. The van der Waals surface area contributed by atoms with E-state index in [1.54, 1.807) is 24.3 Å². The maximum absolute atomic E-state index is 12.3. The van der Waals surface area contributed by atoms with Crippen LogP contribution in [0.5, 0.6) is 0 Å². The predicted molar refractivity (Wildman–Crippen MR) is 76.4 cm³/mol. The Kier molecular flexibility index (Phi) is 4.12. The number of aliphatic carboxylic acids is 1. The van der Waals surface area contributed by atoms with E-state index >= 15 is 0 Å². The molecule has 6 heteroatoms. The van der Waals surface area contributed by atoms with Crippen molar-refractivity contribution in [2.45, 2.75) is 25.8 Å². The van der Waals surface area contributed by atoms with Gasteiger partial charge in [-0.25, -0.2) is 9.59 Å². The number of piperidine rings is 1. The van der Waals surface area contributed by atoms with E-state index in [2.05, 4.69) is 5.32 Å². The van der Waals surface area contributed by atoms with Crippen molar-refractivity contribution in [1.29, 1.82) is 0 Å². The van der Waals surface area contributed by atoms with Gasteiger partial charge in [0.05, 0.1) is 11.4 Å². The molecule has 6 nitrogen and oxygen atoms in total. The summed E-state index contributed by atoms with van der Waals surface area (Å²) in [5.74, 6) is -1.02. The monoisotopic (exact) mass is 277 g/mol. The van der Waals surface area contributed by atoms with E-state index in [1.807, 2.05) is 6.92 Å². The number of nitrogens with one attached hydrogen (secondary N) is 1. The highest BCUT2D eigenvalue weighted by atomic mass is 16.4. The molecule has 1 aromatic rings. The topological polar surface area (TPSA) is 95.7 Å². The molecule has 2 rings (SSSR count). The number of carbonyl (C=O) groups excluding carboxylic acids is 1. The summed E-state index contributed by atoms with van der Waals surface area (Å²) in [6.07, 6.45) is 1.62. The van der Waals surface area contributed by atoms with Crippen LogP contribution >= 0.6 is 0 Å². The Balaban J connectivity index is 2.15. The van der Waals surface area contributed by atoms with Crippen LogP contribution in [0.3, 0.4) is 0 Å². The van der Waals surface area contributed by atoms with Crippen molar-refractivity contribution in [3.63, 3.8) is 0 Å². The number of para-hydroxylation sites is 2. The van der Waals surface area contributed by atoms with Crippen LogP contribution in [-0.2, 0) is 4.79 Å². The van der Waals surface area contributed by atoms with Gasteiger partial charge in [-0.3, -0.25) is 0 Å². The van der Waals surface area contributed by atoms with Gasteiger partial charge in [-0.15, -0.1) is 0 Å². The third-order valence-corrected chi connectivity index (χ3v) is 3.65. The Morgan fingerprint density at radius 2 is 2.10 bits per heavy atom. The van der Waals surface area contributed by atoms with E-state index in [1.165, 1.54) is 4.90 Å². The van der Waals surface area contributed by atoms with E-state index in [4.69, 9.17) is 5.73 Å². The molecule has 1 fully saturated rings. The first-order valence-electron chi connectivity index (χ1n) is 6.65. The first-order chi connectivity index (χ1) is 9.50. The van der Waals surface area contributed by atoms with E-state index in [9.17, 15) is 14.7 Å². The van der Waals surface area contributed by atoms with Crippen molar-refractivity contribution < 1.29 is 14.7 Å². The number of benzene rings is 1. The normalized spacial score (nSPS) is 22.4. The summed E-state index contributed by atoms with van der Waals surface area (Å²) in [5.41, 5.74) is 6.73. The summed E-state index contributed by atoms with van der Waals surface area (Å²) in [6, 6.07) is 5.71. The Labute approximate surface area is 117 Å². The van der Waals surface area contributed by atoms with Gasteiger partial charge < -0.3 is 21.1 Å². The third-order valence-electron chi connectivity index (χ3n) is 3.65. The van der Waals surface area contributed by atoms with Gasteiger partial charge in [-0.1, -0.05) is 19.1 Å². The second-order valence-corrected chi connectivity index (χ2v) is 5.11. The van der Waals surface area contributed by atoms with E-state index < -0.39 is 18.0 Å². The first kappa shape index (κ1) is 14.2. The fourth-order valence-electron chi connectivity index (χ4n) is 2.59. The lowest BCUT2D eigenvalue weighted by atomic mass is 9.91. The van der Waals surface area contributed by atoms with Crippen LogP contribution in [0.15, 0.2) is 24.3 Å². The number of hydrogen-bond donors (Lipinski definition) is 3. The second kappa shape index (κ2) is 5.81. The number of amides is 2. The summed E-state index contributed by atoms with van der Waals surface area (Å²) in [6.45, 7) is 2.30. The molecule has 0 radical (unpaired) electrons. The van der Waals surface area contributed by atoms with Crippen LogP contribution in [0.4, 0.5) is 16.2 Å². The number of carboxylic acid groups (broad SMARTS) is 1. The average molecular weight is 277 g/mol. The SMILES string of the molecule is CC1CCCN(C(=O)Nc2ccccc2N)C1C(=O)O. The first-order valence-corrected chi connectivity index (χ1v) is 6.65. The maximum atomic E-state index is 12.3. The molecule has 20 heavy (non-hydrogen) atoms. The molecule has 0 bridgehead atoms. The highest BCUT2D eigenvalue weighted by Crippen LogP contribution is 2.25. The van der Waals surface area contributed by atoms with Gasteiger partial charge in [0.15, 0.2) is 0 Å². The second-order valence-electron chi connectivity index (χ2n) is 5.11. The average Bonchev–Trinajstić information content (AvgIpc) is 2.40. The summed E-state index contributed by atoms with van der Waals surface area (Å²) in [7, 11) is 0. The van der Waals surface area contributed by atoms with Crippen molar-refractivity contribution in [3.8, 4) is 0 Å². The molecule has 0 spiro atoms. The number of nitrogens with two attached hydrogens (primary N) is 1. The number of hydrogen-bond acceptors (Lipinski definition) is 3. The minimum absolute atomic E-state index is 0.0554. The van der Waals surface area contributed by atoms with Crippen LogP contribution < -0.4 is 11.1 Å². The van der Waals surface area contributed by atoms with Crippen molar-refractivity contribution in [1.82, 2.24) is 4.90 Å². The number of likely N-dealkylation sites (tertiary alicyclic amines) is 1. The molecule has 0 aliphatic carbocycles. The summed E-state index contributed by atoms with van der Waals surface area (Å²) < 4.78 is 0. The van der Waals surface area contributed by atoms with Gasteiger partial charge in [0.1, 0.15) is 6.04 Å². The molecule has 1 aliphatic rings. The zero-order valence-corrected chi connectivity index (χ0v) is 11.4. The molecule has 1 aromatic carbocycles. The number of urea groups is 1. The van der Waals surface area contributed by atoms with Crippen LogP contribution in [0.25, 0.3) is 0 Å². The molecule has 4 N–H and O–H groups in total. The van der Waals surface area contributed by atoms with Gasteiger partial charge >= 0.3 is 12.0 Å². The zero-order valence-electron chi connectivity index (χ0n) is 11.4. The quantitative estimate of drug-likeness (QED) is 0.720. The molecule has 1 saturated heterocycles. The fourth-order valence-corrected chi connectivity index (χ4v) is 2.59. The lowest BCUT2D eigenvalue weighted by Gasteiger charge is -2.37. The van der Waals surface area contributed by atoms with Crippen LogP contribution in [0.1, 0.15) is 19.8 Å². The molecular formula is C14H19N3O3. The van der Waals surface area contributed by atoms with Gasteiger partial charge in [-0.2, -0.15) is 0 Å². The number of nitrogens with zero attached hydrogens (tertiary/aromatic N) is 1. The molecule has 2 atom stereocenters. The Bertz CT molecular complexity index is 518. The minimum Gasteiger partial charge on any atom is -0.480 e. The third kappa shape index (κ3) is 2.84. The van der Waals surface area contributed by atoms with Crippen LogP contribution in [0.2, 0.25) is 0 Å². The van der Waals surface area contributed by atoms with Gasteiger partial charge in [0, 0.05) is 6.54 Å². The standard InChI is InChI=1S/C14H19N3O3/c1-9-5-4-8-17(12(9)13(18)19)14(20)16-11-7-3-2-6-10(11)15/h2-3,6-7,9,12H,4-5,8,15H2,1H3,(H,16,20)(H,18,19). The maximum Gasteiger partial charge on any atom is 0.326 e. The van der Waals surface area contributed by atoms with Crippen LogP contribution in [-0.4, -0.2) is 34.6 Å². The molecule has 0 aromatic heterocycles. The number of carbonyl (C=O) groups is 2. The van der Waals surface area contributed by atoms with Gasteiger partial charge in [-0.05, 0) is 30.9 Å².